The van der Waals surface area contributed by atoms with Crippen LogP contribution in [0.25, 0.3) is 0 Å². The van der Waals surface area contributed by atoms with E-state index < -0.39 is 27.8 Å². The molecule has 1 aromatic rings. The van der Waals surface area contributed by atoms with Crippen LogP contribution in [0, 0.1) is 0 Å². The van der Waals surface area contributed by atoms with Gasteiger partial charge in [0.25, 0.3) is 0 Å². The van der Waals surface area contributed by atoms with E-state index in [4.69, 9.17) is 5.73 Å². The number of halogens is 3. The van der Waals surface area contributed by atoms with Gasteiger partial charge in [-0.15, -0.1) is 0 Å². The van der Waals surface area contributed by atoms with E-state index in [0.29, 0.717) is 16.4 Å². The highest BCUT2D eigenvalue weighted by Gasteiger charge is 2.31. The second kappa shape index (κ2) is 5.19. The number of carbonyl (C=O) groups excluding carboxylic acids is 1. The van der Waals surface area contributed by atoms with Gasteiger partial charge in [0.2, 0.25) is 10.0 Å². The first-order valence-electron chi connectivity index (χ1n) is 5.14. The van der Waals surface area contributed by atoms with Crippen molar-refractivity contribution in [3.05, 3.63) is 23.8 Å². The first-order chi connectivity index (χ1) is 8.91. The molecule has 0 atom stereocenters. The summed E-state index contributed by atoms with van der Waals surface area (Å²) in [6, 6.07) is 1.36. The molecule has 2 amide bonds. The fraction of sp³-hybridized carbons (Fsp3) is 0.300. The number of carbonyl (C=O) groups is 1. The van der Waals surface area contributed by atoms with Crippen molar-refractivity contribution < 1.29 is 26.4 Å². The molecule has 0 spiro atoms. The zero-order valence-corrected chi connectivity index (χ0v) is 11.3. The fourth-order valence-electron chi connectivity index (χ4n) is 1.24. The maximum Gasteiger partial charge on any atom is 0.416 e. The van der Waals surface area contributed by atoms with Crippen LogP contribution in [0.4, 0.5) is 29.3 Å². The summed E-state index contributed by atoms with van der Waals surface area (Å²) < 4.78 is 60.3. The monoisotopic (exact) mass is 311 g/mol. The van der Waals surface area contributed by atoms with Crippen molar-refractivity contribution in [1.29, 1.82) is 0 Å². The predicted molar refractivity (Wildman–Crippen MR) is 67.5 cm³/mol. The molecule has 112 valence electrons. The Kier molecular flexibility index (Phi) is 4.18. The Bertz CT molecular complexity index is 628. The Morgan fingerprint density at radius 3 is 2.30 bits per heavy atom. The lowest BCUT2D eigenvalue weighted by Gasteiger charge is -2.16. The Labute approximate surface area is 113 Å². The summed E-state index contributed by atoms with van der Waals surface area (Å²) in [5.74, 6) is 0. The van der Waals surface area contributed by atoms with Crippen molar-refractivity contribution in [2.45, 2.75) is 6.18 Å². The highest BCUT2D eigenvalue weighted by Crippen LogP contribution is 2.32. The number of hydrogen-bond acceptors (Lipinski definition) is 4. The van der Waals surface area contributed by atoms with Gasteiger partial charge in [0.15, 0.2) is 0 Å². The number of benzene rings is 1. The summed E-state index contributed by atoms with van der Waals surface area (Å²) in [5.41, 5.74) is 3.80. The Balaban J connectivity index is 3.05. The van der Waals surface area contributed by atoms with Crippen molar-refractivity contribution in [2.24, 2.45) is 0 Å². The molecule has 10 heteroatoms. The minimum absolute atomic E-state index is 0.211. The maximum absolute atomic E-state index is 12.6. The molecule has 3 N–H and O–H groups in total. The van der Waals surface area contributed by atoms with E-state index in [9.17, 15) is 26.4 Å². The van der Waals surface area contributed by atoms with Gasteiger partial charge in [0, 0.05) is 18.4 Å². The molecule has 0 saturated heterocycles. The Hall–Kier alpha value is -1.97. The molecule has 6 nitrogen and oxygen atoms in total. The lowest BCUT2D eigenvalue weighted by molar-refractivity contribution is -0.137. The summed E-state index contributed by atoms with van der Waals surface area (Å²) in [4.78, 5) is 11.5. The van der Waals surface area contributed by atoms with Crippen LogP contribution in [0.2, 0.25) is 0 Å². The zero-order valence-electron chi connectivity index (χ0n) is 10.5. The van der Waals surface area contributed by atoms with E-state index in [1.807, 2.05) is 5.32 Å². The third-order valence-electron chi connectivity index (χ3n) is 2.32. The van der Waals surface area contributed by atoms with Gasteiger partial charge < -0.3 is 11.1 Å². The number of urea groups is 1. The number of nitrogens with one attached hydrogen (secondary N) is 1. The van der Waals surface area contributed by atoms with E-state index in [1.165, 1.54) is 0 Å². The molecule has 20 heavy (non-hydrogen) atoms. The van der Waals surface area contributed by atoms with Crippen LogP contribution in [0.1, 0.15) is 5.56 Å². The van der Waals surface area contributed by atoms with Crippen molar-refractivity contribution in [2.75, 3.05) is 24.4 Å². The second-order valence-electron chi connectivity index (χ2n) is 4.00. The van der Waals surface area contributed by atoms with Crippen molar-refractivity contribution in [3.8, 4) is 0 Å². The molecule has 0 heterocycles. The second-order valence-corrected chi connectivity index (χ2v) is 6.02. The largest absolute Gasteiger partial charge is 0.416 e. The molecule has 1 rings (SSSR count). The quantitative estimate of drug-likeness (QED) is 0.813. The number of nitrogens with two attached hydrogens (primary N) is 1. The lowest BCUT2D eigenvalue weighted by Crippen LogP contribution is -2.35. The Morgan fingerprint density at radius 2 is 1.85 bits per heavy atom. The van der Waals surface area contributed by atoms with Gasteiger partial charge in [-0.1, -0.05) is 0 Å². The average Bonchev–Trinajstić information content (AvgIpc) is 2.24. The zero-order chi connectivity index (χ0) is 15.7. The number of nitrogen functional groups attached to an aromatic ring is 1. The minimum Gasteiger partial charge on any atom is -0.399 e. The molecule has 0 aliphatic carbocycles. The molecule has 0 fully saturated rings. The minimum atomic E-state index is -4.63. The SMILES string of the molecule is CN(C(=O)Nc1cc(N)cc(C(F)(F)F)c1)S(C)(=O)=O. The van der Waals surface area contributed by atoms with Crippen LogP contribution in [0.5, 0.6) is 0 Å². The molecule has 0 aliphatic rings. The van der Waals surface area contributed by atoms with E-state index in [0.717, 1.165) is 19.4 Å². The van der Waals surface area contributed by atoms with Gasteiger partial charge in [-0.05, 0) is 18.2 Å². The lowest BCUT2D eigenvalue weighted by atomic mass is 10.1. The van der Waals surface area contributed by atoms with Gasteiger partial charge in [-0.25, -0.2) is 17.5 Å². The highest BCUT2D eigenvalue weighted by molar-refractivity contribution is 7.88. The van der Waals surface area contributed by atoms with Crippen LogP contribution < -0.4 is 11.1 Å². The molecule has 0 radical (unpaired) electrons. The van der Waals surface area contributed by atoms with E-state index in [1.54, 1.807) is 0 Å². The third-order valence-corrected chi connectivity index (χ3v) is 3.48. The number of alkyl halides is 3. The van der Waals surface area contributed by atoms with Gasteiger partial charge in [-0.2, -0.15) is 13.2 Å². The van der Waals surface area contributed by atoms with Gasteiger partial charge in [0.05, 0.1) is 11.8 Å². The number of rotatable bonds is 2. The molecule has 0 aliphatic heterocycles. The fourth-order valence-corrected chi connectivity index (χ4v) is 1.59. The summed E-state index contributed by atoms with van der Waals surface area (Å²) in [6.07, 6.45) is -3.84. The first-order valence-corrected chi connectivity index (χ1v) is 6.99. The number of amides is 2. The molecule has 0 aromatic heterocycles. The highest BCUT2D eigenvalue weighted by atomic mass is 32.2. The van der Waals surface area contributed by atoms with Crippen molar-refractivity contribution >= 4 is 27.4 Å². The average molecular weight is 311 g/mol. The van der Waals surface area contributed by atoms with Gasteiger partial charge in [0.1, 0.15) is 0 Å². The van der Waals surface area contributed by atoms with Crippen LogP contribution in [-0.4, -0.2) is 32.1 Å². The Morgan fingerprint density at radius 1 is 1.30 bits per heavy atom. The molecular weight excluding hydrogens is 299 g/mol. The first kappa shape index (κ1) is 16.1. The molecular formula is C10H12F3N3O3S. The van der Waals surface area contributed by atoms with Crippen LogP contribution in [0.15, 0.2) is 18.2 Å². The van der Waals surface area contributed by atoms with E-state index >= 15 is 0 Å². The predicted octanol–water partition coefficient (Wildman–Crippen LogP) is 1.71. The van der Waals surface area contributed by atoms with Crippen LogP contribution in [-0.2, 0) is 16.2 Å². The summed E-state index contributed by atoms with van der Waals surface area (Å²) in [7, 11) is -2.83. The number of nitrogens with zero attached hydrogens (tertiary/aromatic N) is 1. The van der Waals surface area contributed by atoms with Crippen LogP contribution in [0.3, 0.4) is 0 Å². The molecule has 1 aromatic carbocycles. The van der Waals surface area contributed by atoms with Crippen LogP contribution >= 0.6 is 0 Å². The number of sulfonamides is 1. The van der Waals surface area contributed by atoms with Gasteiger partial charge in [-0.3, -0.25) is 0 Å². The van der Waals surface area contributed by atoms with E-state index in [-0.39, 0.29) is 11.4 Å². The van der Waals surface area contributed by atoms with Crippen molar-refractivity contribution in [3.63, 3.8) is 0 Å². The van der Waals surface area contributed by atoms with E-state index in [2.05, 4.69) is 0 Å². The topological polar surface area (TPSA) is 92.5 Å². The number of anilines is 2. The van der Waals surface area contributed by atoms with Crippen molar-refractivity contribution in [1.82, 2.24) is 4.31 Å². The maximum atomic E-state index is 12.6. The summed E-state index contributed by atoms with van der Waals surface area (Å²) in [6.45, 7) is 0. The molecule has 0 bridgehead atoms. The van der Waals surface area contributed by atoms with Gasteiger partial charge >= 0.3 is 12.2 Å². The molecule has 0 saturated carbocycles. The summed E-state index contributed by atoms with van der Waals surface area (Å²) >= 11 is 0. The standard InChI is InChI=1S/C10H12F3N3O3S/c1-16(20(2,18)19)9(17)15-8-4-6(10(11,12)13)3-7(14)5-8/h3-5H,14H2,1-2H3,(H,15,17). The third kappa shape index (κ3) is 4.02. The molecule has 0 unspecified atom stereocenters. The smallest absolute Gasteiger partial charge is 0.399 e. The normalized spacial score (nSPS) is 12.1. The number of hydrogen-bond donors (Lipinski definition) is 2. The summed E-state index contributed by atoms with van der Waals surface area (Å²) in [5, 5.41) is 2.03.